The van der Waals surface area contributed by atoms with E-state index in [-0.39, 0.29) is 0 Å². The number of rotatable bonds is 7. The maximum Gasteiger partial charge on any atom is 0.0669 e. The topological polar surface area (TPSA) is 30.5 Å². The van der Waals surface area contributed by atoms with Crippen molar-refractivity contribution >= 4 is 27.7 Å². The largest absolute Gasteiger partial charge is 0.383 e. The van der Waals surface area contributed by atoms with Gasteiger partial charge in [-0.2, -0.15) is 0 Å². The fourth-order valence-corrected chi connectivity index (χ4v) is 4.02. The lowest BCUT2D eigenvalue weighted by Gasteiger charge is -2.17. The van der Waals surface area contributed by atoms with Gasteiger partial charge in [-0.3, -0.25) is 0 Å². The number of thioether (sulfide) groups is 1. The molecule has 1 fully saturated rings. The number of ether oxygens (including phenoxy) is 2. The number of methoxy groups -OCH3 is 1. The van der Waals surface area contributed by atoms with Crippen LogP contribution >= 0.6 is 27.7 Å². The predicted octanol–water partition coefficient (Wildman–Crippen LogP) is 3.45. The van der Waals surface area contributed by atoms with Gasteiger partial charge < -0.3 is 14.8 Å². The van der Waals surface area contributed by atoms with Gasteiger partial charge in [0.1, 0.15) is 0 Å². The minimum Gasteiger partial charge on any atom is -0.383 e. The second-order valence-corrected chi connectivity index (χ2v) is 7.14. The maximum atomic E-state index is 5.66. The van der Waals surface area contributed by atoms with Gasteiger partial charge in [-0.1, -0.05) is 22.0 Å². The molecule has 0 saturated carbocycles. The summed E-state index contributed by atoms with van der Waals surface area (Å²) in [7, 11) is 1.73. The van der Waals surface area contributed by atoms with Crippen molar-refractivity contribution in [2.45, 2.75) is 36.1 Å². The number of hydrogen-bond acceptors (Lipinski definition) is 4. The normalized spacial score (nSPS) is 22.4. The molecule has 112 valence electrons. The van der Waals surface area contributed by atoms with E-state index in [2.05, 4.69) is 46.4 Å². The fourth-order valence-electron chi connectivity index (χ4n) is 2.21. The van der Waals surface area contributed by atoms with Crippen LogP contribution in [0.3, 0.4) is 0 Å². The molecule has 1 N–H and O–H groups in total. The summed E-state index contributed by atoms with van der Waals surface area (Å²) in [5.74, 6) is 0. The Labute approximate surface area is 133 Å². The van der Waals surface area contributed by atoms with Crippen LogP contribution in [0.4, 0.5) is 0 Å². The maximum absolute atomic E-state index is 5.66. The Balaban J connectivity index is 1.99. The van der Waals surface area contributed by atoms with Crippen LogP contribution in [0, 0.1) is 0 Å². The summed E-state index contributed by atoms with van der Waals surface area (Å²) in [6, 6.07) is 6.50. The molecule has 20 heavy (non-hydrogen) atoms. The summed E-state index contributed by atoms with van der Waals surface area (Å²) in [5.41, 5.74) is 1.34. The van der Waals surface area contributed by atoms with Crippen LogP contribution < -0.4 is 5.32 Å². The Morgan fingerprint density at radius 1 is 1.50 bits per heavy atom. The molecule has 0 bridgehead atoms. The summed E-state index contributed by atoms with van der Waals surface area (Å²) in [6.07, 6.45) is 1.47. The molecular formula is C15H22BrNO2S. The van der Waals surface area contributed by atoms with Gasteiger partial charge in [-0.05, 0) is 31.0 Å². The third-order valence-electron chi connectivity index (χ3n) is 3.41. The van der Waals surface area contributed by atoms with Gasteiger partial charge in [-0.25, -0.2) is 0 Å². The SMILES string of the molecule is COCCNCc1ccc(Br)cc1SC1CCOC1C. The Bertz CT molecular complexity index is 430. The first-order chi connectivity index (χ1) is 9.70. The molecule has 1 aromatic carbocycles. The highest BCUT2D eigenvalue weighted by atomic mass is 79.9. The highest BCUT2D eigenvalue weighted by Crippen LogP contribution is 2.35. The van der Waals surface area contributed by atoms with Crippen LogP contribution in [-0.4, -0.2) is 38.2 Å². The van der Waals surface area contributed by atoms with E-state index in [1.807, 2.05) is 11.8 Å². The summed E-state index contributed by atoms with van der Waals surface area (Å²) in [5, 5.41) is 3.97. The van der Waals surface area contributed by atoms with Crippen molar-refractivity contribution in [1.82, 2.24) is 5.32 Å². The molecule has 3 nitrogen and oxygen atoms in total. The average molecular weight is 360 g/mol. The molecule has 1 aromatic rings. The van der Waals surface area contributed by atoms with Crippen LogP contribution in [0.25, 0.3) is 0 Å². The van der Waals surface area contributed by atoms with Gasteiger partial charge in [0.15, 0.2) is 0 Å². The summed E-state index contributed by atoms with van der Waals surface area (Å²) in [4.78, 5) is 1.34. The molecule has 1 heterocycles. The van der Waals surface area contributed by atoms with Crippen molar-refractivity contribution in [3.8, 4) is 0 Å². The predicted molar refractivity (Wildman–Crippen MR) is 87.4 cm³/mol. The van der Waals surface area contributed by atoms with Crippen molar-refractivity contribution in [3.05, 3.63) is 28.2 Å². The van der Waals surface area contributed by atoms with E-state index >= 15 is 0 Å². The zero-order chi connectivity index (χ0) is 14.4. The van der Waals surface area contributed by atoms with E-state index in [0.717, 1.165) is 37.2 Å². The van der Waals surface area contributed by atoms with Gasteiger partial charge >= 0.3 is 0 Å². The second-order valence-electron chi connectivity index (χ2n) is 4.94. The Morgan fingerprint density at radius 2 is 2.35 bits per heavy atom. The molecule has 0 spiro atoms. The van der Waals surface area contributed by atoms with E-state index in [1.165, 1.54) is 10.5 Å². The summed E-state index contributed by atoms with van der Waals surface area (Å²) >= 11 is 5.51. The molecule has 5 heteroatoms. The first-order valence-electron chi connectivity index (χ1n) is 6.97. The third kappa shape index (κ3) is 4.74. The molecule has 0 amide bonds. The molecule has 2 unspecified atom stereocenters. The van der Waals surface area contributed by atoms with Gasteiger partial charge in [0.25, 0.3) is 0 Å². The molecule has 2 atom stereocenters. The smallest absolute Gasteiger partial charge is 0.0669 e. The minimum absolute atomic E-state index is 0.341. The van der Waals surface area contributed by atoms with E-state index in [4.69, 9.17) is 9.47 Å². The first-order valence-corrected chi connectivity index (χ1v) is 8.64. The van der Waals surface area contributed by atoms with Crippen molar-refractivity contribution in [3.63, 3.8) is 0 Å². The van der Waals surface area contributed by atoms with Gasteiger partial charge in [0.2, 0.25) is 0 Å². The first kappa shape index (κ1) is 16.3. The van der Waals surface area contributed by atoms with Crippen molar-refractivity contribution in [2.75, 3.05) is 26.9 Å². The van der Waals surface area contributed by atoms with Crippen molar-refractivity contribution in [2.24, 2.45) is 0 Å². The highest BCUT2D eigenvalue weighted by molar-refractivity contribution is 9.10. The Morgan fingerprint density at radius 3 is 3.05 bits per heavy atom. The average Bonchev–Trinajstić information content (AvgIpc) is 2.82. The zero-order valence-corrected chi connectivity index (χ0v) is 14.4. The van der Waals surface area contributed by atoms with Crippen LogP contribution in [0.2, 0.25) is 0 Å². The van der Waals surface area contributed by atoms with E-state index < -0.39 is 0 Å². The number of nitrogens with one attached hydrogen (secondary N) is 1. The number of benzene rings is 1. The van der Waals surface area contributed by atoms with Crippen LogP contribution in [0.15, 0.2) is 27.6 Å². The lowest BCUT2D eigenvalue weighted by atomic mass is 10.2. The van der Waals surface area contributed by atoms with Crippen LogP contribution in [0.5, 0.6) is 0 Å². The molecular weight excluding hydrogens is 338 g/mol. The molecule has 1 aliphatic heterocycles. The molecule has 0 aromatic heterocycles. The zero-order valence-electron chi connectivity index (χ0n) is 12.0. The van der Waals surface area contributed by atoms with Crippen LogP contribution in [-0.2, 0) is 16.0 Å². The van der Waals surface area contributed by atoms with E-state index in [9.17, 15) is 0 Å². The van der Waals surface area contributed by atoms with Gasteiger partial charge in [-0.15, -0.1) is 11.8 Å². The molecule has 1 saturated heterocycles. The quantitative estimate of drug-likeness (QED) is 0.755. The summed E-state index contributed by atoms with van der Waals surface area (Å²) < 4.78 is 11.8. The summed E-state index contributed by atoms with van der Waals surface area (Å²) in [6.45, 7) is 5.54. The molecule has 0 aliphatic carbocycles. The molecule has 2 rings (SSSR count). The van der Waals surface area contributed by atoms with E-state index in [1.54, 1.807) is 7.11 Å². The third-order valence-corrected chi connectivity index (χ3v) is 5.46. The molecule has 0 radical (unpaired) electrons. The monoisotopic (exact) mass is 359 g/mol. The fraction of sp³-hybridized carbons (Fsp3) is 0.600. The second kappa shape index (κ2) is 8.39. The van der Waals surface area contributed by atoms with E-state index in [0.29, 0.717) is 11.4 Å². The highest BCUT2D eigenvalue weighted by Gasteiger charge is 2.25. The van der Waals surface area contributed by atoms with Gasteiger partial charge in [0, 0.05) is 41.4 Å². The minimum atomic E-state index is 0.341. The number of hydrogen-bond donors (Lipinski definition) is 1. The lowest BCUT2D eigenvalue weighted by Crippen LogP contribution is -2.19. The van der Waals surface area contributed by atoms with Gasteiger partial charge in [0.05, 0.1) is 12.7 Å². The molecule has 1 aliphatic rings. The van der Waals surface area contributed by atoms with Crippen molar-refractivity contribution < 1.29 is 9.47 Å². The number of halogens is 1. The standard InChI is InChI=1S/C15H22BrNO2S/c1-11-14(5-7-19-11)20-15-9-13(16)4-3-12(15)10-17-6-8-18-2/h3-4,9,11,14,17H,5-8,10H2,1-2H3. The Hall–Kier alpha value is -0.0700. The Kier molecular flexibility index (Phi) is 6.84. The lowest BCUT2D eigenvalue weighted by molar-refractivity contribution is 0.127. The van der Waals surface area contributed by atoms with Crippen LogP contribution in [0.1, 0.15) is 18.9 Å². The van der Waals surface area contributed by atoms with Crippen molar-refractivity contribution in [1.29, 1.82) is 0 Å².